The van der Waals surface area contributed by atoms with E-state index < -0.39 is 0 Å². The van der Waals surface area contributed by atoms with E-state index >= 15 is 0 Å². The van der Waals surface area contributed by atoms with Gasteiger partial charge in [-0.2, -0.15) is 5.26 Å². The van der Waals surface area contributed by atoms with Gasteiger partial charge in [-0.3, -0.25) is 0 Å². The number of rotatable bonds is 3. The standard InChI is InChI=1S/C15H13NO2/c1-17-13-7-12(8-14(9-13)18-2)15-6-4-3-5-11(15)10-16/h3-9H,1-2H3. The van der Waals surface area contributed by atoms with Crippen molar-refractivity contribution in [3.8, 4) is 28.7 Å². The number of hydrogen-bond acceptors (Lipinski definition) is 3. The highest BCUT2D eigenvalue weighted by molar-refractivity contribution is 5.72. The minimum atomic E-state index is 0.632. The second-order valence-corrected chi connectivity index (χ2v) is 3.76. The molecule has 0 bridgehead atoms. The second kappa shape index (κ2) is 5.24. The van der Waals surface area contributed by atoms with Gasteiger partial charge in [0.05, 0.1) is 25.9 Å². The molecule has 90 valence electrons. The van der Waals surface area contributed by atoms with Crippen LogP contribution in [-0.2, 0) is 0 Å². The van der Waals surface area contributed by atoms with Gasteiger partial charge >= 0.3 is 0 Å². The number of hydrogen-bond donors (Lipinski definition) is 0. The summed E-state index contributed by atoms with van der Waals surface area (Å²) in [5.41, 5.74) is 2.41. The number of benzene rings is 2. The molecule has 0 aromatic heterocycles. The van der Waals surface area contributed by atoms with Crippen LogP contribution in [0.25, 0.3) is 11.1 Å². The van der Waals surface area contributed by atoms with Crippen LogP contribution in [0.3, 0.4) is 0 Å². The number of nitrogens with zero attached hydrogens (tertiary/aromatic N) is 1. The maximum Gasteiger partial charge on any atom is 0.123 e. The Morgan fingerprint density at radius 2 is 1.56 bits per heavy atom. The zero-order valence-corrected chi connectivity index (χ0v) is 10.3. The van der Waals surface area contributed by atoms with Crippen LogP contribution in [0.1, 0.15) is 5.56 Å². The van der Waals surface area contributed by atoms with E-state index in [4.69, 9.17) is 14.7 Å². The highest BCUT2D eigenvalue weighted by atomic mass is 16.5. The maximum absolute atomic E-state index is 9.12. The number of nitriles is 1. The molecule has 0 atom stereocenters. The molecule has 0 radical (unpaired) electrons. The average molecular weight is 239 g/mol. The predicted molar refractivity (Wildman–Crippen MR) is 69.7 cm³/mol. The van der Waals surface area contributed by atoms with E-state index in [1.54, 1.807) is 26.4 Å². The fraction of sp³-hybridized carbons (Fsp3) is 0.133. The molecule has 3 nitrogen and oxygen atoms in total. The molecule has 0 aliphatic heterocycles. The van der Waals surface area contributed by atoms with Crippen molar-refractivity contribution >= 4 is 0 Å². The SMILES string of the molecule is COc1cc(OC)cc(-c2ccccc2C#N)c1. The van der Waals surface area contributed by atoms with Gasteiger partial charge in [-0.05, 0) is 29.3 Å². The molecule has 0 spiro atoms. The van der Waals surface area contributed by atoms with Gasteiger partial charge < -0.3 is 9.47 Å². The fourth-order valence-corrected chi connectivity index (χ4v) is 1.80. The fourth-order valence-electron chi connectivity index (χ4n) is 1.80. The summed E-state index contributed by atoms with van der Waals surface area (Å²) in [4.78, 5) is 0. The van der Waals surface area contributed by atoms with Crippen LogP contribution in [-0.4, -0.2) is 14.2 Å². The van der Waals surface area contributed by atoms with Crippen molar-refractivity contribution in [3.63, 3.8) is 0 Å². The predicted octanol–water partition coefficient (Wildman–Crippen LogP) is 3.24. The third-order valence-electron chi connectivity index (χ3n) is 2.71. The second-order valence-electron chi connectivity index (χ2n) is 3.76. The van der Waals surface area contributed by atoms with Crippen LogP contribution in [0.15, 0.2) is 42.5 Å². The van der Waals surface area contributed by atoms with Crippen molar-refractivity contribution in [2.24, 2.45) is 0 Å². The first-order valence-corrected chi connectivity index (χ1v) is 5.51. The molecule has 2 rings (SSSR count). The monoisotopic (exact) mass is 239 g/mol. The smallest absolute Gasteiger partial charge is 0.123 e. The third kappa shape index (κ3) is 2.28. The van der Waals surface area contributed by atoms with Crippen LogP contribution in [0.4, 0.5) is 0 Å². The molecular weight excluding hydrogens is 226 g/mol. The summed E-state index contributed by atoms with van der Waals surface area (Å²) in [6.07, 6.45) is 0. The van der Waals surface area contributed by atoms with E-state index in [0.717, 1.165) is 11.1 Å². The lowest BCUT2D eigenvalue weighted by atomic mass is 10.00. The summed E-state index contributed by atoms with van der Waals surface area (Å²) in [7, 11) is 3.21. The van der Waals surface area contributed by atoms with E-state index in [9.17, 15) is 0 Å². The quantitative estimate of drug-likeness (QED) is 0.825. The van der Waals surface area contributed by atoms with Crippen LogP contribution in [0, 0.1) is 11.3 Å². The van der Waals surface area contributed by atoms with E-state index in [1.165, 1.54) is 0 Å². The molecule has 0 saturated heterocycles. The largest absolute Gasteiger partial charge is 0.497 e. The van der Waals surface area contributed by atoms with E-state index in [2.05, 4.69) is 6.07 Å². The van der Waals surface area contributed by atoms with Crippen molar-refractivity contribution in [2.75, 3.05) is 14.2 Å². The minimum Gasteiger partial charge on any atom is -0.497 e. The van der Waals surface area contributed by atoms with Crippen molar-refractivity contribution < 1.29 is 9.47 Å². The molecule has 0 heterocycles. The number of methoxy groups -OCH3 is 2. The average Bonchev–Trinajstić information content (AvgIpc) is 2.46. The lowest BCUT2D eigenvalue weighted by molar-refractivity contribution is 0.394. The first-order valence-electron chi connectivity index (χ1n) is 5.51. The Kier molecular flexibility index (Phi) is 3.49. The lowest BCUT2D eigenvalue weighted by Gasteiger charge is -2.09. The van der Waals surface area contributed by atoms with Crippen molar-refractivity contribution in [1.29, 1.82) is 5.26 Å². The normalized spacial score (nSPS) is 9.61. The van der Waals surface area contributed by atoms with Gasteiger partial charge in [0.15, 0.2) is 0 Å². The summed E-state index contributed by atoms with van der Waals surface area (Å²) in [5, 5.41) is 9.12. The van der Waals surface area contributed by atoms with Crippen molar-refractivity contribution in [2.45, 2.75) is 0 Å². The summed E-state index contributed by atoms with van der Waals surface area (Å²) in [6, 6.07) is 15.2. The molecule has 0 saturated carbocycles. The number of ether oxygens (including phenoxy) is 2. The van der Waals surface area contributed by atoms with Gasteiger partial charge in [0.1, 0.15) is 11.5 Å². The lowest BCUT2D eigenvalue weighted by Crippen LogP contribution is -1.90. The molecule has 0 unspecified atom stereocenters. The Morgan fingerprint density at radius 1 is 0.944 bits per heavy atom. The topological polar surface area (TPSA) is 42.2 Å². The highest BCUT2D eigenvalue weighted by Crippen LogP contribution is 2.31. The Hall–Kier alpha value is -2.47. The molecule has 0 aliphatic rings. The van der Waals surface area contributed by atoms with E-state index in [1.807, 2.05) is 30.3 Å². The summed E-state index contributed by atoms with van der Waals surface area (Å²) >= 11 is 0. The van der Waals surface area contributed by atoms with Crippen LogP contribution < -0.4 is 9.47 Å². The highest BCUT2D eigenvalue weighted by Gasteiger charge is 2.07. The summed E-state index contributed by atoms with van der Waals surface area (Å²) in [6.45, 7) is 0. The van der Waals surface area contributed by atoms with Gasteiger partial charge in [0.25, 0.3) is 0 Å². The maximum atomic E-state index is 9.12. The van der Waals surface area contributed by atoms with Crippen molar-refractivity contribution in [1.82, 2.24) is 0 Å². The first kappa shape index (κ1) is 12.0. The summed E-state index contributed by atoms with van der Waals surface area (Å²) < 4.78 is 10.5. The van der Waals surface area contributed by atoms with Gasteiger partial charge in [-0.15, -0.1) is 0 Å². The third-order valence-corrected chi connectivity index (χ3v) is 2.71. The molecule has 0 amide bonds. The van der Waals surface area contributed by atoms with Gasteiger partial charge in [-0.1, -0.05) is 18.2 Å². The molecular formula is C15H13NO2. The molecule has 0 aliphatic carbocycles. The Bertz CT molecular complexity index is 577. The van der Waals surface area contributed by atoms with Crippen LogP contribution in [0.5, 0.6) is 11.5 Å². The van der Waals surface area contributed by atoms with Gasteiger partial charge in [-0.25, -0.2) is 0 Å². The molecule has 2 aromatic rings. The molecule has 2 aromatic carbocycles. The van der Waals surface area contributed by atoms with Gasteiger partial charge in [0.2, 0.25) is 0 Å². The molecule has 3 heteroatoms. The molecule has 0 N–H and O–H groups in total. The molecule has 18 heavy (non-hydrogen) atoms. The van der Waals surface area contributed by atoms with Crippen molar-refractivity contribution in [3.05, 3.63) is 48.0 Å². The Labute approximate surface area is 106 Å². The van der Waals surface area contributed by atoms with Crippen LogP contribution in [0.2, 0.25) is 0 Å². The van der Waals surface area contributed by atoms with Gasteiger partial charge in [0, 0.05) is 6.07 Å². The Balaban J connectivity index is 2.60. The zero-order chi connectivity index (χ0) is 13.0. The Morgan fingerprint density at radius 3 is 2.11 bits per heavy atom. The zero-order valence-electron chi connectivity index (χ0n) is 10.3. The van der Waals surface area contributed by atoms with E-state index in [-0.39, 0.29) is 0 Å². The van der Waals surface area contributed by atoms with Crippen LogP contribution >= 0.6 is 0 Å². The molecule has 0 fully saturated rings. The minimum absolute atomic E-state index is 0.632. The van der Waals surface area contributed by atoms with E-state index in [0.29, 0.717) is 17.1 Å². The summed E-state index contributed by atoms with van der Waals surface area (Å²) in [5.74, 6) is 1.41. The first-order chi connectivity index (χ1) is 8.78.